The highest BCUT2D eigenvalue weighted by atomic mass is 35.5. The molecule has 1 aromatic heterocycles. The van der Waals surface area contributed by atoms with Crippen LogP contribution in [0.2, 0.25) is 0 Å². The number of hydrogen-bond acceptors (Lipinski definition) is 3. The Labute approximate surface area is 106 Å². The Hall–Kier alpha value is -1.03. The molecule has 0 aromatic carbocycles. The molecule has 0 N–H and O–H groups in total. The molecule has 1 aliphatic rings. The summed E-state index contributed by atoms with van der Waals surface area (Å²) in [5.41, 5.74) is 1.01. The predicted molar refractivity (Wildman–Crippen MR) is 65.0 cm³/mol. The van der Waals surface area contributed by atoms with Crippen molar-refractivity contribution >= 4 is 17.6 Å². The Morgan fingerprint density at radius 1 is 1.71 bits per heavy atom. The van der Waals surface area contributed by atoms with E-state index in [2.05, 4.69) is 9.55 Å². The van der Waals surface area contributed by atoms with Crippen LogP contribution in [0, 0.1) is 0 Å². The molecule has 0 spiro atoms. The van der Waals surface area contributed by atoms with Gasteiger partial charge in [0, 0.05) is 18.7 Å². The number of ether oxygens (including phenoxy) is 1. The van der Waals surface area contributed by atoms with Crippen LogP contribution in [-0.4, -0.2) is 22.1 Å². The molecule has 1 heterocycles. The van der Waals surface area contributed by atoms with Crippen LogP contribution >= 0.6 is 11.6 Å². The fourth-order valence-corrected chi connectivity index (χ4v) is 2.12. The molecule has 0 aliphatic heterocycles. The van der Waals surface area contributed by atoms with Gasteiger partial charge in [0.05, 0.1) is 24.0 Å². The number of carbonyl (C=O) groups excluding carboxylic acids is 1. The van der Waals surface area contributed by atoms with E-state index >= 15 is 0 Å². The third kappa shape index (κ3) is 3.22. The second-order valence-corrected chi connectivity index (χ2v) is 4.80. The molecule has 4 nitrogen and oxygen atoms in total. The van der Waals surface area contributed by atoms with Gasteiger partial charge >= 0.3 is 5.97 Å². The summed E-state index contributed by atoms with van der Waals surface area (Å²) in [6.07, 6.45) is 6.97. The Morgan fingerprint density at radius 3 is 3.12 bits per heavy atom. The van der Waals surface area contributed by atoms with Crippen molar-refractivity contribution in [3.8, 4) is 0 Å². The smallest absolute Gasteiger partial charge is 0.305 e. The van der Waals surface area contributed by atoms with Gasteiger partial charge in [0.1, 0.15) is 0 Å². The lowest BCUT2D eigenvalue weighted by Gasteiger charge is -2.12. The maximum atomic E-state index is 11.2. The van der Waals surface area contributed by atoms with Crippen LogP contribution in [0.5, 0.6) is 0 Å². The largest absolute Gasteiger partial charge is 0.466 e. The summed E-state index contributed by atoms with van der Waals surface area (Å²) in [6.45, 7) is 2.23. The van der Waals surface area contributed by atoms with Gasteiger partial charge in [0.15, 0.2) is 0 Å². The first-order chi connectivity index (χ1) is 8.22. The van der Waals surface area contributed by atoms with E-state index in [-0.39, 0.29) is 11.3 Å². The first-order valence-electron chi connectivity index (χ1n) is 6.03. The lowest BCUT2D eigenvalue weighted by Crippen LogP contribution is -2.07. The number of hydrogen-bond donors (Lipinski definition) is 0. The van der Waals surface area contributed by atoms with Crippen molar-refractivity contribution in [3.63, 3.8) is 0 Å². The molecule has 94 valence electrons. The average Bonchev–Trinajstić information content (AvgIpc) is 3.04. The van der Waals surface area contributed by atoms with Crippen molar-refractivity contribution in [1.82, 2.24) is 9.55 Å². The first kappa shape index (κ1) is 12.4. The number of nitrogens with zero attached hydrogens (tertiary/aromatic N) is 2. The van der Waals surface area contributed by atoms with Gasteiger partial charge in [-0.15, -0.1) is 11.6 Å². The van der Waals surface area contributed by atoms with E-state index in [1.54, 1.807) is 13.1 Å². The Morgan fingerprint density at radius 2 is 2.47 bits per heavy atom. The topological polar surface area (TPSA) is 44.1 Å². The lowest BCUT2D eigenvalue weighted by atomic mass is 10.2. The van der Waals surface area contributed by atoms with Gasteiger partial charge in [-0.25, -0.2) is 4.98 Å². The van der Waals surface area contributed by atoms with Crippen LogP contribution in [0.1, 0.15) is 49.7 Å². The molecule has 1 aromatic rings. The summed E-state index contributed by atoms with van der Waals surface area (Å²) in [7, 11) is 0. The molecule has 1 aliphatic carbocycles. The van der Waals surface area contributed by atoms with Gasteiger partial charge in [0.25, 0.3) is 0 Å². The van der Waals surface area contributed by atoms with Crippen molar-refractivity contribution in [1.29, 1.82) is 0 Å². The number of esters is 1. The lowest BCUT2D eigenvalue weighted by molar-refractivity contribution is -0.143. The summed E-state index contributed by atoms with van der Waals surface area (Å²) >= 11 is 6.30. The molecule has 1 fully saturated rings. The van der Waals surface area contributed by atoms with Crippen LogP contribution in [0.15, 0.2) is 12.5 Å². The molecule has 1 unspecified atom stereocenters. The minimum Gasteiger partial charge on any atom is -0.466 e. The van der Waals surface area contributed by atoms with Crippen LogP contribution in [-0.2, 0) is 9.53 Å². The normalized spacial score (nSPS) is 16.8. The third-order valence-electron chi connectivity index (χ3n) is 2.86. The molecule has 0 bridgehead atoms. The number of halogens is 1. The highest BCUT2D eigenvalue weighted by Gasteiger charge is 2.27. The van der Waals surface area contributed by atoms with Gasteiger partial charge < -0.3 is 9.30 Å². The highest BCUT2D eigenvalue weighted by molar-refractivity contribution is 6.20. The SMILES string of the molecule is CCOC(=O)CCC(Cl)c1cncn1C1CC1. The monoisotopic (exact) mass is 256 g/mol. The molecule has 0 amide bonds. The van der Waals surface area contributed by atoms with E-state index in [9.17, 15) is 4.79 Å². The van der Waals surface area contributed by atoms with Crippen LogP contribution in [0.25, 0.3) is 0 Å². The number of alkyl halides is 1. The first-order valence-corrected chi connectivity index (χ1v) is 6.47. The number of imidazole rings is 1. The highest BCUT2D eigenvalue weighted by Crippen LogP contribution is 2.38. The summed E-state index contributed by atoms with van der Waals surface area (Å²) in [5.74, 6) is -0.185. The fraction of sp³-hybridized carbons (Fsp3) is 0.667. The Kier molecular flexibility index (Phi) is 4.05. The molecular weight excluding hydrogens is 240 g/mol. The van der Waals surface area contributed by atoms with Gasteiger partial charge in [-0.2, -0.15) is 0 Å². The zero-order chi connectivity index (χ0) is 12.3. The fourth-order valence-electron chi connectivity index (χ4n) is 1.84. The van der Waals surface area contributed by atoms with E-state index in [1.165, 1.54) is 12.8 Å². The number of carbonyl (C=O) groups is 1. The number of rotatable bonds is 6. The predicted octanol–water partition coefficient (Wildman–Crippen LogP) is 2.84. The van der Waals surface area contributed by atoms with Crippen molar-refractivity contribution in [2.45, 2.75) is 44.0 Å². The van der Waals surface area contributed by atoms with Crippen LogP contribution in [0.4, 0.5) is 0 Å². The van der Waals surface area contributed by atoms with Crippen molar-refractivity contribution < 1.29 is 9.53 Å². The van der Waals surface area contributed by atoms with Crippen LogP contribution < -0.4 is 0 Å². The minimum atomic E-state index is -0.185. The van der Waals surface area contributed by atoms with E-state index in [4.69, 9.17) is 16.3 Å². The van der Waals surface area contributed by atoms with Crippen molar-refractivity contribution in [2.24, 2.45) is 0 Å². The molecule has 1 atom stereocenters. The van der Waals surface area contributed by atoms with Gasteiger partial charge in [-0.1, -0.05) is 0 Å². The molecule has 17 heavy (non-hydrogen) atoms. The van der Waals surface area contributed by atoms with Crippen molar-refractivity contribution in [2.75, 3.05) is 6.61 Å². The minimum absolute atomic E-state index is 0.164. The summed E-state index contributed by atoms with van der Waals surface area (Å²) < 4.78 is 7.01. The standard InChI is InChI=1S/C12H17ClN2O2/c1-2-17-12(16)6-5-10(13)11-7-14-8-15(11)9-3-4-9/h7-10H,2-6H2,1H3. The Balaban J connectivity index is 1.88. The van der Waals surface area contributed by atoms with E-state index in [0.717, 1.165) is 5.69 Å². The van der Waals surface area contributed by atoms with E-state index in [0.29, 0.717) is 25.5 Å². The summed E-state index contributed by atoms with van der Waals surface area (Å²) in [5, 5.41) is -0.164. The molecule has 5 heteroatoms. The summed E-state index contributed by atoms with van der Waals surface area (Å²) in [6, 6.07) is 0.566. The third-order valence-corrected chi connectivity index (χ3v) is 3.31. The maximum absolute atomic E-state index is 11.2. The van der Waals surface area contributed by atoms with E-state index < -0.39 is 0 Å². The molecule has 1 saturated carbocycles. The molecule has 0 radical (unpaired) electrons. The zero-order valence-electron chi connectivity index (χ0n) is 9.93. The van der Waals surface area contributed by atoms with Crippen molar-refractivity contribution in [3.05, 3.63) is 18.2 Å². The molecule has 2 rings (SSSR count). The van der Waals surface area contributed by atoms with E-state index in [1.807, 2.05) is 6.33 Å². The zero-order valence-corrected chi connectivity index (χ0v) is 10.7. The van der Waals surface area contributed by atoms with Crippen LogP contribution in [0.3, 0.4) is 0 Å². The quantitative estimate of drug-likeness (QED) is 0.581. The van der Waals surface area contributed by atoms with Gasteiger partial charge in [-0.3, -0.25) is 4.79 Å². The maximum Gasteiger partial charge on any atom is 0.305 e. The second-order valence-electron chi connectivity index (χ2n) is 4.27. The van der Waals surface area contributed by atoms with Gasteiger partial charge in [-0.05, 0) is 26.2 Å². The van der Waals surface area contributed by atoms with Gasteiger partial charge in [0.2, 0.25) is 0 Å². The Bertz CT molecular complexity index is 388. The molecular formula is C12H17ClN2O2. The second kappa shape index (κ2) is 5.54. The summed E-state index contributed by atoms with van der Waals surface area (Å²) in [4.78, 5) is 15.4. The average molecular weight is 257 g/mol. The number of aromatic nitrogens is 2. The molecule has 0 saturated heterocycles.